The second-order valence-corrected chi connectivity index (χ2v) is 9.18. The summed E-state index contributed by atoms with van der Waals surface area (Å²) in [6, 6.07) is 8.94. The van der Waals surface area contributed by atoms with Crippen molar-refractivity contribution in [2.45, 2.75) is 98.2 Å². The number of carbonyl (C=O) groups is 3. The highest BCUT2D eigenvalue weighted by molar-refractivity contribution is 6.03. The highest BCUT2D eigenvalue weighted by Crippen LogP contribution is 2.40. The van der Waals surface area contributed by atoms with Gasteiger partial charge in [0.1, 0.15) is 5.60 Å². The summed E-state index contributed by atoms with van der Waals surface area (Å²) < 4.78 is 17.3. The van der Waals surface area contributed by atoms with E-state index in [1.165, 1.54) is 0 Å². The number of hydrogen-bond acceptors (Lipinski definition) is 6. The third-order valence-corrected chi connectivity index (χ3v) is 6.29. The molecule has 0 N–H and O–H groups in total. The maximum Gasteiger partial charge on any atom is 0.306 e. The van der Waals surface area contributed by atoms with E-state index in [1.54, 1.807) is 24.3 Å². The Bertz CT molecular complexity index is 715. The number of ketones is 1. The minimum absolute atomic E-state index is 0.0218. The Morgan fingerprint density at radius 1 is 0.794 bits per heavy atom. The fourth-order valence-corrected chi connectivity index (χ4v) is 4.03. The highest BCUT2D eigenvalue weighted by atomic mass is 16.5. The van der Waals surface area contributed by atoms with E-state index in [-0.39, 0.29) is 36.7 Å². The van der Waals surface area contributed by atoms with Gasteiger partial charge in [-0.2, -0.15) is 0 Å². The first-order valence-electron chi connectivity index (χ1n) is 12.8. The van der Waals surface area contributed by atoms with Crippen molar-refractivity contribution in [3.05, 3.63) is 35.9 Å². The van der Waals surface area contributed by atoms with Gasteiger partial charge >= 0.3 is 11.9 Å². The molecule has 1 aromatic rings. The van der Waals surface area contributed by atoms with Crippen LogP contribution in [0.2, 0.25) is 0 Å². The van der Waals surface area contributed by atoms with Crippen molar-refractivity contribution in [1.29, 1.82) is 0 Å². The normalized spacial score (nSPS) is 15.6. The molecule has 0 aromatic heterocycles. The summed E-state index contributed by atoms with van der Waals surface area (Å²) in [5.41, 5.74) is -0.896. The Hall–Kier alpha value is -2.21. The molecule has 3 atom stereocenters. The number of carbonyl (C=O) groups excluding carboxylic acids is 3. The van der Waals surface area contributed by atoms with E-state index in [1.807, 2.05) is 47.6 Å². The lowest BCUT2D eigenvalue weighted by molar-refractivity contribution is -0.158. The van der Waals surface area contributed by atoms with Crippen LogP contribution in [0.1, 0.15) is 96.8 Å². The predicted octanol–water partition coefficient (Wildman–Crippen LogP) is 6.16. The van der Waals surface area contributed by atoms with Gasteiger partial charge in [-0.1, -0.05) is 77.8 Å². The smallest absolute Gasteiger partial charge is 0.306 e. The van der Waals surface area contributed by atoms with Crippen molar-refractivity contribution >= 4 is 17.7 Å². The Labute approximate surface area is 205 Å². The molecule has 1 aromatic carbocycles. The standard InChI is InChI=1S/C28H44O6/c1-7-10-17-32-25(29)19-21(4)28(34-23(6)9-3,27(31)24-15-13-12-14-16-24)22(5)20-26(30)33-18-11-8-2/h12-16,21-23H,7-11,17-20H2,1-6H3. The molecule has 34 heavy (non-hydrogen) atoms. The summed E-state index contributed by atoms with van der Waals surface area (Å²) in [5, 5.41) is 0. The Kier molecular flexibility index (Phi) is 13.7. The van der Waals surface area contributed by atoms with Crippen LogP contribution >= 0.6 is 0 Å². The van der Waals surface area contributed by atoms with Gasteiger partial charge < -0.3 is 14.2 Å². The Morgan fingerprint density at radius 3 is 1.68 bits per heavy atom. The zero-order valence-corrected chi connectivity index (χ0v) is 21.9. The van der Waals surface area contributed by atoms with Gasteiger partial charge in [-0.15, -0.1) is 0 Å². The first kappa shape index (κ1) is 29.8. The Balaban J connectivity index is 3.35. The first-order valence-corrected chi connectivity index (χ1v) is 12.8. The summed E-state index contributed by atoms with van der Waals surface area (Å²) >= 11 is 0. The van der Waals surface area contributed by atoms with Gasteiger partial charge in [0.2, 0.25) is 0 Å². The first-order chi connectivity index (χ1) is 16.2. The maximum atomic E-state index is 14.1. The number of ether oxygens (including phenoxy) is 3. The number of benzene rings is 1. The van der Waals surface area contributed by atoms with E-state index in [9.17, 15) is 14.4 Å². The molecule has 0 spiro atoms. The van der Waals surface area contributed by atoms with Gasteiger partial charge in [0.15, 0.2) is 5.78 Å². The molecule has 0 aliphatic rings. The molecule has 3 unspecified atom stereocenters. The van der Waals surface area contributed by atoms with Gasteiger partial charge in [0, 0.05) is 17.4 Å². The van der Waals surface area contributed by atoms with Gasteiger partial charge in [-0.25, -0.2) is 0 Å². The van der Waals surface area contributed by atoms with Crippen LogP contribution in [0.3, 0.4) is 0 Å². The van der Waals surface area contributed by atoms with Gasteiger partial charge in [-0.3, -0.25) is 14.4 Å². The number of esters is 2. The van der Waals surface area contributed by atoms with Crippen LogP contribution < -0.4 is 0 Å². The minimum atomic E-state index is -1.38. The highest BCUT2D eigenvalue weighted by Gasteiger charge is 2.51. The number of rotatable bonds is 17. The lowest BCUT2D eigenvalue weighted by atomic mass is 9.70. The Morgan fingerprint density at radius 2 is 1.26 bits per heavy atom. The van der Waals surface area contributed by atoms with E-state index >= 15 is 0 Å². The predicted molar refractivity (Wildman–Crippen MR) is 134 cm³/mol. The van der Waals surface area contributed by atoms with Crippen molar-refractivity contribution in [2.24, 2.45) is 11.8 Å². The molecule has 0 radical (unpaired) electrons. The lowest BCUT2D eigenvalue weighted by Gasteiger charge is -2.43. The SMILES string of the molecule is CCCCOC(=O)CC(C)C(OC(C)CC)(C(=O)c1ccccc1)C(C)CC(=O)OCCCC. The average Bonchev–Trinajstić information content (AvgIpc) is 2.82. The number of hydrogen-bond donors (Lipinski definition) is 0. The average molecular weight is 477 g/mol. The van der Waals surface area contributed by atoms with Crippen LogP contribution in [0.25, 0.3) is 0 Å². The summed E-state index contributed by atoms with van der Waals surface area (Å²) in [5.74, 6) is -1.98. The summed E-state index contributed by atoms with van der Waals surface area (Å²) in [6.07, 6.45) is 3.91. The van der Waals surface area contributed by atoms with Crippen LogP contribution in [-0.4, -0.2) is 42.6 Å². The number of unbranched alkanes of at least 4 members (excludes halogenated alkanes) is 2. The van der Waals surface area contributed by atoms with Crippen molar-refractivity contribution < 1.29 is 28.6 Å². The molecular weight excluding hydrogens is 432 g/mol. The molecule has 0 fully saturated rings. The molecule has 6 nitrogen and oxygen atoms in total. The molecule has 6 heteroatoms. The monoisotopic (exact) mass is 476 g/mol. The van der Waals surface area contributed by atoms with E-state index in [2.05, 4.69) is 0 Å². The number of Topliss-reactive ketones (excluding diaryl/α,β-unsaturated/α-hetero) is 1. The molecule has 0 aliphatic heterocycles. The fourth-order valence-electron chi connectivity index (χ4n) is 4.03. The fraction of sp³-hybridized carbons (Fsp3) is 0.679. The van der Waals surface area contributed by atoms with E-state index in [4.69, 9.17) is 14.2 Å². The summed E-state index contributed by atoms with van der Waals surface area (Å²) in [6.45, 7) is 12.3. The van der Waals surface area contributed by atoms with Crippen molar-refractivity contribution in [2.75, 3.05) is 13.2 Å². The second kappa shape index (κ2) is 15.6. The van der Waals surface area contributed by atoms with Crippen LogP contribution in [0.4, 0.5) is 0 Å². The summed E-state index contributed by atoms with van der Waals surface area (Å²) in [4.78, 5) is 39.3. The third-order valence-electron chi connectivity index (χ3n) is 6.29. The maximum absolute atomic E-state index is 14.1. The van der Waals surface area contributed by atoms with Crippen LogP contribution in [-0.2, 0) is 23.8 Å². The molecular formula is C28H44O6. The molecule has 1 rings (SSSR count). The van der Waals surface area contributed by atoms with Crippen LogP contribution in [0.5, 0.6) is 0 Å². The van der Waals surface area contributed by atoms with Crippen molar-refractivity contribution in [1.82, 2.24) is 0 Å². The van der Waals surface area contributed by atoms with Crippen LogP contribution in [0.15, 0.2) is 30.3 Å². The van der Waals surface area contributed by atoms with E-state index in [0.29, 0.717) is 25.2 Å². The molecule has 0 heterocycles. The zero-order valence-electron chi connectivity index (χ0n) is 21.9. The zero-order chi connectivity index (χ0) is 25.6. The van der Waals surface area contributed by atoms with Crippen LogP contribution in [0, 0.1) is 11.8 Å². The summed E-state index contributed by atoms with van der Waals surface area (Å²) in [7, 11) is 0. The molecule has 192 valence electrons. The van der Waals surface area contributed by atoms with Gasteiger partial charge in [0.05, 0.1) is 32.2 Å². The molecule has 0 saturated carbocycles. The molecule has 0 bridgehead atoms. The topological polar surface area (TPSA) is 78.9 Å². The minimum Gasteiger partial charge on any atom is -0.466 e. The molecule has 0 saturated heterocycles. The van der Waals surface area contributed by atoms with Crippen molar-refractivity contribution in [3.8, 4) is 0 Å². The van der Waals surface area contributed by atoms with Crippen molar-refractivity contribution in [3.63, 3.8) is 0 Å². The largest absolute Gasteiger partial charge is 0.466 e. The quantitative estimate of drug-likeness (QED) is 0.152. The van der Waals surface area contributed by atoms with Gasteiger partial charge in [0.25, 0.3) is 0 Å². The second-order valence-electron chi connectivity index (χ2n) is 9.18. The van der Waals surface area contributed by atoms with E-state index < -0.39 is 17.4 Å². The molecule has 0 amide bonds. The molecule has 0 aliphatic carbocycles. The third kappa shape index (κ3) is 8.86. The van der Waals surface area contributed by atoms with Gasteiger partial charge in [-0.05, 0) is 26.2 Å². The lowest BCUT2D eigenvalue weighted by Crippen LogP contribution is -2.55. The van der Waals surface area contributed by atoms with E-state index in [0.717, 1.165) is 25.7 Å².